The van der Waals surface area contributed by atoms with E-state index in [-0.39, 0.29) is 11.9 Å². The van der Waals surface area contributed by atoms with Crippen molar-refractivity contribution in [1.29, 1.82) is 0 Å². The first-order valence-corrected chi connectivity index (χ1v) is 11.6. The standard InChI is InChI=1S/C27H32N4O/c1-19-11-10-14-22(17-19)25-28-18-24(26(30-25)31(3)23-15-8-5-9-16-23)27(32)29-20(2)21-12-6-4-7-13-21/h4,6-7,10-14,17-18,20,23H,5,8-9,15-16H2,1-3H3,(H,29,32)/t20-/m0/s1. The second-order valence-electron chi connectivity index (χ2n) is 8.81. The van der Waals surface area contributed by atoms with E-state index in [1.165, 1.54) is 19.3 Å². The molecule has 0 saturated heterocycles. The molecule has 1 heterocycles. The lowest BCUT2D eigenvalue weighted by molar-refractivity contribution is 0.0939. The molecule has 1 amide bonds. The van der Waals surface area contributed by atoms with E-state index in [2.05, 4.69) is 41.3 Å². The number of hydrogen-bond acceptors (Lipinski definition) is 4. The Balaban J connectivity index is 1.67. The Bertz CT molecular complexity index is 1060. The molecule has 32 heavy (non-hydrogen) atoms. The largest absolute Gasteiger partial charge is 0.356 e. The summed E-state index contributed by atoms with van der Waals surface area (Å²) in [7, 11) is 2.07. The lowest BCUT2D eigenvalue weighted by Gasteiger charge is -2.33. The number of amides is 1. The van der Waals surface area contributed by atoms with E-state index in [1.807, 2.05) is 49.4 Å². The van der Waals surface area contributed by atoms with Gasteiger partial charge in [-0.1, -0.05) is 73.4 Å². The highest BCUT2D eigenvalue weighted by Gasteiger charge is 2.25. The molecular formula is C27H32N4O. The molecule has 0 bridgehead atoms. The molecular weight excluding hydrogens is 396 g/mol. The van der Waals surface area contributed by atoms with Gasteiger partial charge >= 0.3 is 0 Å². The van der Waals surface area contributed by atoms with Gasteiger partial charge in [-0.15, -0.1) is 0 Å². The van der Waals surface area contributed by atoms with E-state index in [0.717, 1.165) is 29.5 Å². The summed E-state index contributed by atoms with van der Waals surface area (Å²) in [6.45, 7) is 4.06. The molecule has 0 radical (unpaired) electrons. The molecule has 1 aliphatic carbocycles. The van der Waals surface area contributed by atoms with Crippen molar-refractivity contribution < 1.29 is 4.79 Å². The third-order valence-electron chi connectivity index (χ3n) is 6.39. The molecule has 166 valence electrons. The average Bonchev–Trinajstić information content (AvgIpc) is 2.84. The molecule has 5 heteroatoms. The van der Waals surface area contributed by atoms with E-state index in [4.69, 9.17) is 4.98 Å². The monoisotopic (exact) mass is 428 g/mol. The minimum Gasteiger partial charge on any atom is -0.356 e. The van der Waals surface area contributed by atoms with Crippen LogP contribution in [0.25, 0.3) is 11.4 Å². The van der Waals surface area contributed by atoms with Crippen molar-refractivity contribution in [3.8, 4) is 11.4 Å². The number of rotatable bonds is 6. The summed E-state index contributed by atoms with van der Waals surface area (Å²) in [5, 5.41) is 3.13. The van der Waals surface area contributed by atoms with Crippen LogP contribution in [0.1, 0.15) is 66.6 Å². The van der Waals surface area contributed by atoms with Crippen molar-refractivity contribution in [2.24, 2.45) is 0 Å². The molecule has 1 atom stereocenters. The number of aromatic nitrogens is 2. The lowest BCUT2D eigenvalue weighted by atomic mass is 9.94. The number of benzene rings is 2. The van der Waals surface area contributed by atoms with Crippen molar-refractivity contribution >= 4 is 11.7 Å². The van der Waals surface area contributed by atoms with Gasteiger partial charge in [0.15, 0.2) is 5.82 Å². The van der Waals surface area contributed by atoms with Gasteiger partial charge in [-0.3, -0.25) is 4.79 Å². The first-order valence-electron chi connectivity index (χ1n) is 11.6. The van der Waals surface area contributed by atoms with Gasteiger partial charge in [-0.2, -0.15) is 0 Å². The Labute approximate surface area is 190 Å². The van der Waals surface area contributed by atoms with Crippen LogP contribution in [0.2, 0.25) is 0 Å². The fourth-order valence-corrected chi connectivity index (χ4v) is 4.47. The molecule has 1 N–H and O–H groups in total. The first-order chi connectivity index (χ1) is 15.5. The smallest absolute Gasteiger partial charge is 0.257 e. The van der Waals surface area contributed by atoms with Crippen LogP contribution in [0.5, 0.6) is 0 Å². The number of anilines is 1. The zero-order valence-corrected chi connectivity index (χ0v) is 19.2. The third-order valence-corrected chi connectivity index (χ3v) is 6.39. The fourth-order valence-electron chi connectivity index (χ4n) is 4.47. The molecule has 0 spiro atoms. The summed E-state index contributed by atoms with van der Waals surface area (Å²) < 4.78 is 0. The number of nitrogens with zero attached hydrogens (tertiary/aromatic N) is 3. The Morgan fingerprint density at radius 1 is 1.06 bits per heavy atom. The SMILES string of the molecule is Cc1cccc(-c2ncc(C(=O)N[C@@H](C)c3ccccc3)c(N(C)C3CCCCC3)n2)c1. The Morgan fingerprint density at radius 2 is 1.81 bits per heavy atom. The van der Waals surface area contributed by atoms with Crippen LogP contribution < -0.4 is 10.2 Å². The molecule has 0 aliphatic heterocycles. The Morgan fingerprint density at radius 3 is 2.53 bits per heavy atom. The Kier molecular flexibility index (Phi) is 6.84. The van der Waals surface area contributed by atoms with Gasteiger partial charge in [0.05, 0.1) is 6.04 Å². The van der Waals surface area contributed by atoms with E-state index in [0.29, 0.717) is 23.2 Å². The van der Waals surface area contributed by atoms with Gasteiger partial charge < -0.3 is 10.2 Å². The second kappa shape index (κ2) is 9.94. The van der Waals surface area contributed by atoms with E-state index in [9.17, 15) is 4.79 Å². The molecule has 4 rings (SSSR count). The van der Waals surface area contributed by atoms with Gasteiger partial charge in [0.25, 0.3) is 5.91 Å². The van der Waals surface area contributed by atoms with Crippen LogP contribution in [-0.4, -0.2) is 29.0 Å². The quantitative estimate of drug-likeness (QED) is 0.546. The summed E-state index contributed by atoms with van der Waals surface area (Å²) in [4.78, 5) is 25.0. The summed E-state index contributed by atoms with van der Waals surface area (Å²) >= 11 is 0. The molecule has 5 nitrogen and oxygen atoms in total. The van der Waals surface area contributed by atoms with Gasteiger partial charge in [0, 0.05) is 24.8 Å². The zero-order valence-electron chi connectivity index (χ0n) is 19.2. The number of carbonyl (C=O) groups excluding carboxylic acids is 1. The second-order valence-corrected chi connectivity index (χ2v) is 8.81. The molecule has 1 aliphatic rings. The molecule has 1 fully saturated rings. The van der Waals surface area contributed by atoms with Crippen molar-refractivity contribution in [1.82, 2.24) is 15.3 Å². The number of hydrogen-bond donors (Lipinski definition) is 1. The molecule has 2 aromatic carbocycles. The van der Waals surface area contributed by atoms with Crippen LogP contribution in [-0.2, 0) is 0 Å². The van der Waals surface area contributed by atoms with Crippen LogP contribution in [0.3, 0.4) is 0 Å². The highest BCUT2D eigenvalue weighted by Crippen LogP contribution is 2.29. The van der Waals surface area contributed by atoms with Crippen LogP contribution in [0.15, 0.2) is 60.8 Å². The van der Waals surface area contributed by atoms with E-state index < -0.39 is 0 Å². The van der Waals surface area contributed by atoms with Gasteiger partial charge in [-0.25, -0.2) is 9.97 Å². The third kappa shape index (κ3) is 4.98. The predicted molar refractivity (Wildman–Crippen MR) is 130 cm³/mol. The van der Waals surface area contributed by atoms with Crippen molar-refractivity contribution in [3.05, 3.63) is 77.5 Å². The average molecular weight is 429 g/mol. The van der Waals surface area contributed by atoms with Gasteiger partial charge in [0.2, 0.25) is 0 Å². The van der Waals surface area contributed by atoms with E-state index in [1.54, 1.807) is 6.20 Å². The van der Waals surface area contributed by atoms with Crippen molar-refractivity contribution in [2.45, 2.75) is 58.0 Å². The maximum Gasteiger partial charge on any atom is 0.257 e. The summed E-state index contributed by atoms with van der Waals surface area (Å²) in [5.74, 6) is 1.22. The number of nitrogens with one attached hydrogen (secondary N) is 1. The minimum absolute atomic E-state index is 0.104. The van der Waals surface area contributed by atoms with Crippen molar-refractivity contribution in [2.75, 3.05) is 11.9 Å². The predicted octanol–water partition coefficient (Wildman–Crippen LogP) is 5.71. The maximum absolute atomic E-state index is 13.3. The highest BCUT2D eigenvalue weighted by atomic mass is 16.1. The topological polar surface area (TPSA) is 58.1 Å². The molecule has 3 aromatic rings. The highest BCUT2D eigenvalue weighted by molar-refractivity contribution is 5.99. The number of aryl methyl sites for hydroxylation is 1. The fraction of sp³-hybridized carbons (Fsp3) is 0.370. The molecule has 1 aromatic heterocycles. The zero-order chi connectivity index (χ0) is 22.5. The molecule has 1 saturated carbocycles. The summed E-state index contributed by atoms with van der Waals surface area (Å²) in [6.07, 6.45) is 7.66. The lowest BCUT2D eigenvalue weighted by Crippen LogP contribution is -2.36. The minimum atomic E-state index is -0.144. The molecule has 0 unspecified atom stereocenters. The van der Waals surface area contributed by atoms with Crippen LogP contribution in [0, 0.1) is 6.92 Å². The first kappa shape index (κ1) is 22.0. The number of carbonyl (C=O) groups is 1. The van der Waals surface area contributed by atoms with Crippen LogP contribution in [0.4, 0.5) is 5.82 Å². The maximum atomic E-state index is 13.3. The van der Waals surface area contributed by atoms with E-state index >= 15 is 0 Å². The van der Waals surface area contributed by atoms with Gasteiger partial charge in [-0.05, 0) is 38.3 Å². The van der Waals surface area contributed by atoms with Crippen LogP contribution >= 0.6 is 0 Å². The van der Waals surface area contributed by atoms with Crippen molar-refractivity contribution in [3.63, 3.8) is 0 Å². The summed E-state index contributed by atoms with van der Waals surface area (Å²) in [6, 6.07) is 18.5. The summed E-state index contributed by atoms with van der Waals surface area (Å²) in [5.41, 5.74) is 3.72. The normalized spacial score (nSPS) is 15.2. The Hall–Kier alpha value is -3.21. The van der Waals surface area contributed by atoms with Gasteiger partial charge in [0.1, 0.15) is 11.4 Å².